The van der Waals surface area contributed by atoms with E-state index < -0.39 is 5.97 Å². The van der Waals surface area contributed by atoms with Crippen LogP contribution in [0.3, 0.4) is 0 Å². The van der Waals surface area contributed by atoms with Crippen molar-refractivity contribution in [3.05, 3.63) is 75.3 Å². The van der Waals surface area contributed by atoms with Crippen molar-refractivity contribution in [3.63, 3.8) is 0 Å². The van der Waals surface area contributed by atoms with E-state index in [9.17, 15) is 9.59 Å². The molecule has 0 aliphatic carbocycles. The van der Waals surface area contributed by atoms with Gasteiger partial charge in [-0.25, -0.2) is 9.78 Å². The van der Waals surface area contributed by atoms with E-state index in [1.54, 1.807) is 6.20 Å². The van der Waals surface area contributed by atoms with E-state index in [4.69, 9.17) is 4.74 Å². The number of hydrogen-bond donors (Lipinski definition) is 1. The summed E-state index contributed by atoms with van der Waals surface area (Å²) in [5, 5.41) is 3.20. The van der Waals surface area contributed by atoms with Gasteiger partial charge in [0.15, 0.2) is 0 Å². The quantitative estimate of drug-likeness (QED) is 0.700. The molecule has 0 saturated heterocycles. The van der Waals surface area contributed by atoms with E-state index in [1.807, 2.05) is 37.3 Å². The predicted molar refractivity (Wildman–Crippen MR) is 105 cm³/mol. The number of hydrogen-bond acceptors (Lipinski definition) is 5. The minimum absolute atomic E-state index is 0.135. The average Bonchev–Trinajstić information content (AvgIpc) is 2.66. The van der Waals surface area contributed by atoms with Gasteiger partial charge in [0.05, 0.1) is 24.9 Å². The Bertz CT molecular complexity index is 1050. The van der Waals surface area contributed by atoms with E-state index in [2.05, 4.69) is 24.1 Å². The van der Waals surface area contributed by atoms with E-state index in [0.29, 0.717) is 35.1 Å². The predicted octanol–water partition coefficient (Wildman–Crippen LogP) is 3.53. The van der Waals surface area contributed by atoms with Crippen LogP contribution in [-0.4, -0.2) is 22.5 Å². The number of nitrogens with one attached hydrogen (secondary N) is 1. The Hall–Kier alpha value is -3.15. The van der Waals surface area contributed by atoms with Gasteiger partial charge in [-0.1, -0.05) is 26.0 Å². The maximum Gasteiger partial charge on any atom is 0.339 e. The molecule has 3 aromatic rings. The molecule has 2 heterocycles. The smallest absolute Gasteiger partial charge is 0.339 e. The molecule has 0 saturated carbocycles. The molecule has 0 unspecified atom stereocenters. The summed E-state index contributed by atoms with van der Waals surface area (Å²) >= 11 is 0. The molecule has 27 heavy (non-hydrogen) atoms. The van der Waals surface area contributed by atoms with Gasteiger partial charge in [-0.15, -0.1) is 0 Å². The zero-order valence-corrected chi connectivity index (χ0v) is 15.9. The molecule has 1 aromatic carbocycles. The lowest BCUT2D eigenvalue weighted by molar-refractivity contribution is 0.0601. The van der Waals surface area contributed by atoms with Gasteiger partial charge in [0.2, 0.25) is 0 Å². The summed E-state index contributed by atoms with van der Waals surface area (Å²) in [6, 6.07) is 10.9. The third-order valence-corrected chi connectivity index (χ3v) is 4.44. The van der Waals surface area contributed by atoms with Crippen molar-refractivity contribution in [3.8, 4) is 0 Å². The average molecular weight is 365 g/mol. The van der Waals surface area contributed by atoms with Crippen LogP contribution in [0.15, 0.2) is 47.4 Å². The highest BCUT2D eigenvalue weighted by molar-refractivity contribution is 5.95. The van der Waals surface area contributed by atoms with E-state index >= 15 is 0 Å². The Morgan fingerprint density at radius 1 is 1.22 bits per heavy atom. The minimum Gasteiger partial charge on any atom is -0.465 e. The number of fused-ring (bicyclic) bond motifs is 1. The van der Waals surface area contributed by atoms with Gasteiger partial charge >= 0.3 is 5.97 Å². The molecule has 0 atom stereocenters. The Kier molecular flexibility index (Phi) is 5.26. The van der Waals surface area contributed by atoms with Crippen LogP contribution in [0.4, 0.5) is 5.69 Å². The van der Waals surface area contributed by atoms with Crippen LogP contribution < -0.4 is 10.9 Å². The Labute approximate surface area is 157 Å². The number of aryl methyl sites for hydroxylation is 1. The molecule has 0 bridgehead atoms. The van der Waals surface area contributed by atoms with Crippen LogP contribution >= 0.6 is 0 Å². The number of esters is 1. The van der Waals surface area contributed by atoms with Crippen molar-refractivity contribution in [1.82, 2.24) is 9.38 Å². The Morgan fingerprint density at radius 3 is 2.70 bits per heavy atom. The fourth-order valence-electron chi connectivity index (χ4n) is 2.89. The van der Waals surface area contributed by atoms with Crippen LogP contribution in [0.25, 0.3) is 5.65 Å². The molecule has 0 amide bonds. The van der Waals surface area contributed by atoms with Gasteiger partial charge in [0.1, 0.15) is 5.65 Å². The SMILES string of the molecule is COC(=O)c1cc(C(C)C)ccc1NCc1cc(=O)n2cc(C)ccc2n1. The zero-order chi connectivity index (χ0) is 19.6. The first-order valence-corrected chi connectivity index (χ1v) is 8.84. The van der Waals surface area contributed by atoms with Crippen LogP contribution in [0.2, 0.25) is 0 Å². The lowest BCUT2D eigenvalue weighted by Gasteiger charge is -2.14. The van der Waals surface area contributed by atoms with Crippen molar-refractivity contribution in [2.75, 3.05) is 12.4 Å². The number of methoxy groups -OCH3 is 1. The van der Waals surface area contributed by atoms with Crippen molar-refractivity contribution < 1.29 is 9.53 Å². The molecule has 6 nitrogen and oxygen atoms in total. The van der Waals surface area contributed by atoms with Crippen LogP contribution in [0.5, 0.6) is 0 Å². The second-order valence-corrected chi connectivity index (χ2v) is 6.83. The fourth-order valence-corrected chi connectivity index (χ4v) is 2.89. The summed E-state index contributed by atoms with van der Waals surface area (Å²) in [5.74, 6) is -0.102. The molecular formula is C21H23N3O3. The van der Waals surface area contributed by atoms with Gasteiger partial charge in [-0.3, -0.25) is 9.20 Å². The molecule has 0 aliphatic heterocycles. The van der Waals surface area contributed by atoms with Crippen LogP contribution in [0, 0.1) is 6.92 Å². The Morgan fingerprint density at radius 2 is 2.00 bits per heavy atom. The van der Waals surface area contributed by atoms with Gasteiger partial charge in [-0.2, -0.15) is 0 Å². The molecule has 1 N–H and O–H groups in total. The van der Waals surface area contributed by atoms with E-state index in [1.165, 1.54) is 17.6 Å². The van der Waals surface area contributed by atoms with E-state index in [0.717, 1.165) is 11.1 Å². The molecular weight excluding hydrogens is 342 g/mol. The van der Waals surface area contributed by atoms with Gasteiger partial charge in [-0.05, 0) is 42.2 Å². The molecule has 140 valence electrons. The van der Waals surface area contributed by atoms with Crippen molar-refractivity contribution in [1.29, 1.82) is 0 Å². The van der Waals surface area contributed by atoms with E-state index in [-0.39, 0.29) is 5.56 Å². The molecule has 0 spiro atoms. The molecule has 2 aromatic heterocycles. The largest absolute Gasteiger partial charge is 0.465 e. The summed E-state index contributed by atoms with van der Waals surface area (Å²) < 4.78 is 6.43. The third-order valence-electron chi connectivity index (χ3n) is 4.44. The first kappa shape index (κ1) is 18.6. The van der Waals surface area contributed by atoms with Gasteiger partial charge in [0.25, 0.3) is 5.56 Å². The number of carbonyl (C=O) groups excluding carboxylic acids is 1. The minimum atomic E-state index is -0.401. The third kappa shape index (κ3) is 4.00. The summed E-state index contributed by atoms with van der Waals surface area (Å²) in [5.41, 5.74) is 4.22. The second-order valence-electron chi connectivity index (χ2n) is 6.83. The standard InChI is InChI=1S/C21H23N3O3/c1-13(2)15-6-7-18(17(9-15)21(26)27-4)22-11-16-10-20(25)24-12-14(3)5-8-19(24)23-16/h5-10,12-13,22H,11H2,1-4H3. The number of ether oxygens (including phenoxy) is 1. The maximum absolute atomic E-state index is 12.3. The van der Waals surface area contributed by atoms with Crippen molar-refractivity contribution >= 4 is 17.3 Å². The number of carbonyl (C=O) groups is 1. The molecule has 0 radical (unpaired) electrons. The van der Waals surface area contributed by atoms with Gasteiger partial charge < -0.3 is 10.1 Å². The summed E-state index contributed by atoms with van der Waals surface area (Å²) in [6.07, 6.45) is 1.77. The molecule has 3 rings (SSSR count). The van der Waals surface area contributed by atoms with Crippen LogP contribution in [0.1, 0.15) is 46.9 Å². The first-order chi connectivity index (χ1) is 12.9. The first-order valence-electron chi connectivity index (χ1n) is 8.84. The monoisotopic (exact) mass is 365 g/mol. The number of pyridine rings is 1. The number of nitrogens with zero attached hydrogens (tertiary/aromatic N) is 2. The zero-order valence-electron chi connectivity index (χ0n) is 15.9. The number of benzene rings is 1. The highest BCUT2D eigenvalue weighted by atomic mass is 16.5. The highest BCUT2D eigenvalue weighted by Crippen LogP contribution is 2.23. The summed E-state index contributed by atoms with van der Waals surface area (Å²) in [6.45, 7) is 6.39. The highest BCUT2D eigenvalue weighted by Gasteiger charge is 2.14. The van der Waals surface area contributed by atoms with Crippen molar-refractivity contribution in [2.24, 2.45) is 0 Å². The Balaban J connectivity index is 1.90. The van der Waals surface area contributed by atoms with Gasteiger partial charge in [0, 0.05) is 18.0 Å². The van der Waals surface area contributed by atoms with Crippen LogP contribution in [-0.2, 0) is 11.3 Å². The summed E-state index contributed by atoms with van der Waals surface area (Å²) in [4.78, 5) is 29.0. The molecule has 6 heteroatoms. The molecule has 0 fully saturated rings. The summed E-state index contributed by atoms with van der Waals surface area (Å²) in [7, 11) is 1.36. The normalized spacial score (nSPS) is 11.0. The lowest BCUT2D eigenvalue weighted by Crippen LogP contribution is -2.17. The molecule has 0 aliphatic rings. The topological polar surface area (TPSA) is 72.7 Å². The fraction of sp³-hybridized carbons (Fsp3) is 0.286. The maximum atomic E-state index is 12.3. The lowest BCUT2D eigenvalue weighted by atomic mass is 9.99. The number of anilines is 1. The number of rotatable bonds is 5. The van der Waals surface area contributed by atoms with Crippen molar-refractivity contribution in [2.45, 2.75) is 33.2 Å². The number of aromatic nitrogens is 2. The second kappa shape index (κ2) is 7.61.